The molecular formula is C28H20AuS4-4. The molecule has 0 saturated heterocycles. The van der Waals surface area contributed by atoms with Gasteiger partial charge in [0.25, 0.3) is 0 Å². The summed E-state index contributed by atoms with van der Waals surface area (Å²) in [4.78, 5) is 2.95. The molecule has 0 bridgehead atoms. The normalized spacial score (nSPS) is 11.6. The first-order valence-electron chi connectivity index (χ1n) is 9.96. The Morgan fingerprint density at radius 3 is 0.606 bits per heavy atom. The first kappa shape index (κ1) is 27.2. The van der Waals surface area contributed by atoms with Crippen LogP contribution in [0.3, 0.4) is 0 Å². The van der Waals surface area contributed by atoms with Crippen LogP contribution in [0.5, 0.6) is 0 Å². The molecular weight excluding hydrogens is 662 g/mol. The van der Waals surface area contributed by atoms with Crippen molar-refractivity contribution in [3.05, 3.63) is 144 Å². The minimum atomic E-state index is 0. The summed E-state index contributed by atoms with van der Waals surface area (Å²) in [6.07, 6.45) is 0. The molecule has 0 atom stereocenters. The standard InChI is InChI=1S/2C14H12S2.Au/c2*15-13(11-7-3-1-4-8-11)14(16)12-9-5-2-6-10-12;/h2*1-10,15-16H;/p-4/b2*14-13-;. The Morgan fingerprint density at radius 2 is 0.455 bits per heavy atom. The molecule has 0 fully saturated rings. The minimum Gasteiger partial charge on any atom is -0.781 e. The Kier molecular flexibility index (Phi) is 11.8. The number of hydrogen-bond donors (Lipinski definition) is 0. The van der Waals surface area contributed by atoms with E-state index in [1.165, 1.54) is 0 Å². The van der Waals surface area contributed by atoms with Crippen molar-refractivity contribution in [2.24, 2.45) is 0 Å². The number of hydrogen-bond acceptors (Lipinski definition) is 4. The summed E-state index contributed by atoms with van der Waals surface area (Å²) in [5.74, 6) is 0. The summed E-state index contributed by atoms with van der Waals surface area (Å²) in [6.45, 7) is 0. The third-order valence-corrected chi connectivity index (χ3v) is 6.57. The smallest absolute Gasteiger partial charge is 0 e. The second kappa shape index (κ2) is 14.3. The molecule has 0 aliphatic heterocycles. The fraction of sp³-hybridized carbons (Fsp3) is 0. The Bertz CT molecular complexity index is 982. The summed E-state index contributed by atoms with van der Waals surface area (Å²) in [7, 11) is 0. The zero-order chi connectivity index (χ0) is 22.8. The van der Waals surface area contributed by atoms with Crippen LogP contribution in [0.2, 0.25) is 0 Å². The van der Waals surface area contributed by atoms with E-state index in [0.29, 0.717) is 0 Å². The van der Waals surface area contributed by atoms with Gasteiger partial charge in [-0.25, -0.2) is 0 Å². The average Bonchev–Trinajstić information content (AvgIpc) is 2.89. The summed E-state index contributed by atoms with van der Waals surface area (Å²) in [5, 5.41) is 0. The van der Waals surface area contributed by atoms with Crippen LogP contribution in [-0.2, 0) is 72.9 Å². The summed E-state index contributed by atoms with van der Waals surface area (Å²) >= 11 is 21.5. The van der Waals surface area contributed by atoms with Gasteiger partial charge in [-0.3, -0.25) is 0 Å². The zero-order valence-corrected chi connectivity index (χ0v) is 22.9. The average molecular weight is 682 g/mol. The van der Waals surface area contributed by atoms with E-state index in [9.17, 15) is 0 Å². The van der Waals surface area contributed by atoms with Crippen molar-refractivity contribution in [1.82, 2.24) is 0 Å². The van der Waals surface area contributed by atoms with Crippen molar-refractivity contribution in [1.29, 1.82) is 0 Å². The van der Waals surface area contributed by atoms with E-state index in [1.54, 1.807) is 0 Å². The molecule has 0 spiro atoms. The Hall–Kier alpha value is -2.02. The van der Waals surface area contributed by atoms with E-state index >= 15 is 0 Å². The van der Waals surface area contributed by atoms with Crippen LogP contribution < -0.4 is 0 Å². The van der Waals surface area contributed by atoms with Crippen LogP contribution >= 0.6 is 0 Å². The van der Waals surface area contributed by atoms with Gasteiger partial charge in [-0.2, -0.15) is 19.6 Å². The topological polar surface area (TPSA) is 0 Å². The predicted molar refractivity (Wildman–Crippen MR) is 149 cm³/mol. The van der Waals surface area contributed by atoms with Crippen LogP contribution in [0.15, 0.2) is 121 Å². The molecule has 5 heteroatoms. The second-order valence-electron chi connectivity index (χ2n) is 6.78. The predicted octanol–water partition coefficient (Wildman–Crippen LogP) is 7.21. The molecule has 0 heterocycles. The number of benzene rings is 4. The fourth-order valence-electron chi connectivity index (χ4n) is 2.88. The van der Waals surface area contributed by atoms with Crippen molar-refractivity contribution in [3.63, 3.8) is 0 Å². The molecule has 0 nitrogen and oxygen atoms in total. The monoisotopic (exact) mass is 681 g/mol. The van der Waals surface area contributed by atoms with Gasteiger partial charge < -0.3 is 50.5 Å². The van der Waals surface area contributed by atoms with Crippen LogP contribution in [0.4, 0.5) is 0 Å². The Labute approximate surface area is 234 Å². The van der Waals surface area contributed by atoms with E-state index in [1.807, 2.05) is 121 Å². The number of rotatable bonds is 4. The third-order valence-electron chi connectivity index (χ3n) is 4.56. The second-order valence-corrected chi connectivity index (χ2v) is 8.41. The summed E-state index contributed by atoms with van der Waals surface area (Å²) in [5.41, 5.74) is 4.02. The van der Waals surface area contributed by atoms with Crippen LogP contribution in [0, 0.1) is 0 Å². The van der Waals surface area contributed by atoms with Crippen LogP contribution in [0.1, 0.15) is 22.3 Å². The van der Waals surface area contributed by atoms with Gasteiger partial charge in [0, 0.05) is 22.4 Å². The first-order valence-corrected chi connectivity index (χ1v) is 11.6. The molecule has 0 unspecified atom stereocenters. The molecule has 33 heavy (non-hydrogen) atoms. The van der Waals surface area contributed by atoms with E-state index in [-0.39, 0.29) is 22.4 Å². The molecule has 171 valence electrons. The molecule has 4 aromatic carbocycles. The van der Waals surface area contributed by atoms with Crippen molar-refractivity contribution >= 4 is 70.1 Å². The molecule has 0 N–H and O–H groups in total. The van der Waals surface area contributed by atoms with E-state index < -0.39 is 0 Å². The van der Waals surface area contributed by atoms with Gasteiger partial charge in [0.15, 0.2) is 0 Å². The molecule has 0 saturated carbocycles. The van der Waals surface area contributed by atoms with E-state index in [2.05, 4.69) is 0 Å². The van der Waals surface area contributed by atoms with E-state index in [4.69, 9.17) is 50.5 Å². The quantitative estimate of drug-likeness (QED) is 0.127. The van der Waals surface area contributed by atoms with E-state index in [0.717, 1.165) is 41.9 Å². The first-order chi connectivity index (χ1) is 15.6. The van der Waals surface area contributed by atoms with Gasteiger partial charge in [-0.1, -0.05) is 121 Å². The van der Waals surface area contributed by atoms with Crippen molar-refractivity contribution < 1.29 is 22.4 Å². The molecule has 1 radical (unpaired) electrons. The Morgan fingerprint density at radius 1 is 0.303 bits per heavy atom. The molecule has 0 amide bonds. The van der Waals surface area contributed by atoms with Crippen LogP contribution in [0.25, 0.3) is 19.6 Å². The molecule has 0 aliphatic carbocycles. The summed E-state index contributed by atoms with van der Waals surface area (Å²) in [6, 6.07) is 39.5. The van der Waals surface area contributed by atoms with Gasteiger partial charge in [0.2, 0.25) is 0 Å². The van der Waals surface area contributed by atoms with Gasteiger partial charge in [-0.15, -0.1) is 0 Å². The van der Waals surface area contributed by atoms with Gasteiger partial charge in [0.05, 0.1) is 0 Å². The maximum Gasteiger partial charge on any atom is 0 e. The molecule has 0 aliphatic rings. The largest absolute Gasteiger partial charge is 0.781 e. The SMILES string of the molecule is [Au].[S-]/C(=C(\[S-])c1ccccc1)c1ccccc1.[S-]/C(=C(\[S-])c1ccccc1)c1ccccc1. The summed E-state index contributed by atoms with van der Waals surface area (Å²) < 4.78 is 0. The van der Waals surface area contributed by atoms with Crippen molar-refractivity contribution in [3.8, 4) is 0 Å². The maximum absolute atomic E-state index is 5.38. The maximum atomic E-state index is 5.38. The zero-order valence-electron chi connectivity index (χ0n) is 17.5. The van der Waals surface area contributed by atoms with Gasteiger partial charge in [0.1, 0.15) is 0 Å². The van der Waals surface area contributed by atoms with Crippen molar-refractivity contribution in [2.75, 3.05) is 0 Å². The van der Waals surface area contributed by atoms with Gasteiger partial charge in [-0.05, 0) is 22.3 Å². The minimum absolute atomic E-state index is 0. The molecule has 4 aromatic rings. The molecule has 4 rings (SSSR count). The van der Waals surface area contributed by atoms with Crippen LogP contribution in [-0.4, -0.2) is 0 Å². The third kappa shape index (κ3) is 8.06. The fourth-order valence-corrected chi connectivity index (χ4v) is 3.90. The van der Waals surface area contributed by atoms with Gasteiger partial charge >= 0.3 is 0 Å². The Balaban J connectivity index is 0.000000227. The van der Waals surface area contributed by atoms with Crippen molar-refractivity contribution in [2.45, 2.75) is 0 Å². The molecule has 0 aromatic heterocycles.